The molecule has 0 N–H and O–H groups in total. The molecule has 1 fully saturated rings. The number of carbonyl (C=O) groups is 1. The van der Waals surface area contributed by atoms with Crippen LogP contribution in [0.15, 0.2) is 72.9 Å². The first-order valence-electron chi connectivity index (χ1n) is 11.8. The molecular weight excluding hydrogens is 453 g/mol. The van der Waals surface area contributed by atoms with Crippen LogP contribution in [0.3, 0.4) is 0 Å². The van der Waals surface area contributed by atoms with Crippen LogP contribution in [0.1, 0.15) is 47.6 Å². The zero-order valence-electron chi connectivity index (χ0n) is 18.8. The first-order chi connectivity index (χ1) is 16.9. The number of pyridine rings is 1. The van der Waals surface area contributed by atoms with E-state index >= 15 is 0 Å². The standard InChI is InChI=1S/C28H23F3N2O2/c29-28(30,31)26-20(10-5-13-32-26)17-14-18-11-12-19(15-17)33(18)27(34)35-16-25-23-8-3-1-6-21(23)22-7-2-4-9-24(22)25/h1-10,13-14,18-19,25H,11-12,15-16H2. The molecule has 1 amide bonds. The number of carbonyl (C=O) groups excluding carboxylic acids is 1. The van der Waals surface area contributed by atoms with Gasteiger partial charge in [-0.15, -0.1) is 0 Å². The fourth-order valence-corrected chi connectivity index (χ4v) is 5.87. The summed E-state index contributed by atoms with van der Waals surface area (Å²) in [6, 6.07) is 18.8. The van der Waals surface area contributed by atoms with Crippen LogP contribution in [0.4, 0.5) is 18.0 Å². The molecule has 7 heteroatoms. The maximum atomic E-state index is 13.5. The van der Waals surface area contributed by atoms with E-state index in [1.165, 1.54) is 12.1 Å². The van der Waals surface area contributed by atoms with E-state index in [1.807, 2.05) is 24.3 Å². The van der Waals surface area contributed by atoms with E-state index in [0.29, 0.717) is 18.4 Å². The Bertz CT molecular complexity index is 1290. The van der Waals surface area contributed by atoms with Crippen LogP contribution in [0, 0.1) is 0 Å². The van der Waals surface area contributed by atoms with Gasteiger partial charge in [-0.25, -0.2) is 4.79 Å². The quantitative estimate of drug-likeness (QED) is 0.424. The van der Waals surface area contributed by atoms with Gasteiger partial charge in [0.1, 0.15) is 6.61 Å². The molecule has 0 radical (unpaired) electrons. The van der Waals surface area contributed by atoms with Crippen molar-refractivity contribution in [3.8, 4) is 11.1 Å². The number of halogens is 3. The molecular formula is C28H23F3N2O2. The summed E-state index contributed by atoms with van der Waals surface area (Å²) < 4.78 is 46.4. The van der Waals surface area contributed by atoms with E-state index in [-0.39, 0.29) is 30.2 Å². The number of amides is 1. The van der Waals surface area contributed by atoms with Gasteiger partial charge in [-0.2, -0.15) is 13.2 Å². The first kappa shape index (κ1) is 21.9. The third-order valence-electron chi connectivity index (χ3n) is 7.36. The van der Waals surface area contributed by atoms with E-state index in [1.54, 1.807) is 11.0 Å². The Hall–Kier alpha value is -3.61. The molecule has 2 unspecified atom stereocenters. The minimum Gasteiger partial charge on any atom is -0.448 e. The summed E-state index contributed by atoms with van der Waals surface area (Å²) in [6.45, 7) is 0.222. The van der Waals surface area contributed by atoms with Gasteiger partial charge in [0.05, 0.1) is 6.04 Å². The fourth-order valence-electron chi connectivity index (χ4n) is 5.87. The Morgan fingerprint density at radius 3 is 2.26 bits per heavy atom. The number of rotatable bonds is 3. The summed E-state index contributed by atoms with van der Waals surface area (Å²) in [5.74, 6) is -0.0374. The molecule has 35 heavy (non-hydrogen) atoms. The molecule has 1 saturated heterocycles. The number of ether oxygens (including phenoxy) is 1. The number of hydrogen-bond donors (Lipinski definition) is 0. The maximum absolute atomic E-state index is 13.5. The highest BCUT2D eigenvalue weighted by molar-refractivity contribution is 5.79. The predicted octanol–water partition coefficient (Wildman–Crippen LogP) is 6.67. The minimum atomic E-state index is -4.53. The Balaban J connectivity index is 1.22. The van der Waals surface area contributed by atoms with E-state index in [2.05, 4.69) is 29.2 Å². The van der Waals surface area contributed by atoms with Crippen LogP contribution in [-0.4, -0.2) is 34.7 Å². The normalized spacial score (nSPS) is 20.9. The predicted molar refractivity (Wildman–Crippen MR) is 126 cm³/mol. The zero-order chi connectivity index (χ0) is 24.2. The molecule has 0 spiro atoms. The SMILES string of the molecule is O=C(OCC1c2ccccc2-c2ccccc21)N1C2C=C(c3cccnc3C(F)(F)F)CC1CC2. The average molecular weight is 476 g/mol. The summed E-state index contributed by atoms with van der Waals surface area (Å²) in [6.07, 6.45) is -0.187. The summed E-state index contributed by atoms with van der Waals surface area (Å²) in [7, 11) is 0. The number of aromatic nitrogens is 1. The van der Waals surface area contributed by atoms with E-state index < -0.39 is 18.0 Å². The molecule has 3 aliphatic rings. The Kier molecular flexibility index (Phi) is 5.16. The van der Waals surface area contributed by atoms with Crippen LogP contribution < -0.4 is 0 Å². The summed E-state index contributed by atoms with van der Waals surface area (Å²) >= 11 is 0. The van der Waals surface area contributed by atoms with Crippen LogP contribution in [0.2, 0.25) is 0 Å². The van der Waals surface area contributed by atoms with Gasteiger partial charge in [0.2, 0.25) is 0 Å². The van der Waals surface area contributed by atoms with Gasteiger partial charge in [-0.05, 0) is 53.2 Å². The second-order valence-corrected chi connectivity index (χ2v) is 9.30. The zero-order valence-corrected chi connectivity index (χ0v) is 18.8. The van der Waals surface area contributed by atoms with E-state index in [4.69, 9.17) is 4.74 Å². The van der Waals surface area contributed by atoms with Crippen molar-refractivity contribution in [2.75, 3.05) is 6.61 Å². The lowest BCUT2D eigenvalue weighted by atomic mass is 9.93. The second kappa shape index (κ2) is 8.26. The van der Waals surface area contributed by atoms with Gasteiger partial charge >= 0.3 is 12.3 Å². The lowest BCUT2D eigenvalue weighted by molar-refractivity contribution is -0.141. The first-order valence-corrected chi connectivity index (χ1v) is 11.8. The third-order valence-corrected chi connectivity index (χ3v) is 7.36. The molecule has 6 rings (SSSR count). The number of benzene rings is 2. The van der Waals surface area contributed by atoms with Gasteiger partial charge in [0.15, 0.2) is 5.69 Å². The number of hydrogen-bond acceptors (Lipinski definition) is 3. The van der Waals surface area contributed by atoms with Crippen molar-refractivity contribution in [3.63, 3.8) is 0 Å². The van der Waals surface area contributed by atoms with Crippen molar-refractivity contribution in [3.05, 3.63) is 95.3 Å². The van der Waals surface area contributed by atoms with Gasteiger partial charge in [-0.3, -0.25) is 9.88 Å². The monoisotopic (exact) mass is 476 g/mol. The molecule has 0 saturated carbocycles. The van der Waals surface area contributed by atoms with Crippen LogP contribution >= 0.6 is 0 Å². The molecule has 1 aromatic heterocycles. The van der Waals surface area contributed by atoms with Crippen LogP contribution in [0.25, 0.3) is 16.7 Å². The highest BCUT2D eigenvalue weighted by Gasteiger charge is 2.43. The lowest BCUT2D eigenvalue weighted by Crippen LogP contribution is -2.43. The highest BCUT2D eigenvalue weighted by atomic mass is 19.4. The summed E-state index contributed by atoms with van der Waals surface area (Å²) in [4.78, 5) is 18.5. The molecule has 4 nitrogen and oxygen atoms in total. The number of fused-ring (bicyclic) bond motifs is 5. The molecule has 2 atom stereocenters. The summed E-state index contributed by atoms with van der Waals surface area (Å²) in [5, 5.41) is 0. The number of nitrogens with zero attached hydrogens (tertiary/aromatic N) is 2. The summed E-state index contributed by atoms with van der Waals surface area (Å²) in [5.41, 5.74) is 4.42. The van der Waals surface area contributed by atoms with Gasteiger partial charge in [0.25, 0.3) is 0 Å². The topological polar surface area (TPSA) is 42.4 Å². The molecule has 3 heterocycles. The maximum Gasteiger partial charge on any atom is 0.433 e. The lowest BCUT2D eigenvalue weighted by Gasteiger charge is -2.34. The number of alkyl halides is 3. The molecule has 178 valence electrons. The Labute approximate surface area is 201 Å². The van der Waals surface area contributed by atoms with E-state index in [9.17, 15) is 18.0 Å². The Morgan fingerprint density at radius 2 is 1.60 bits per heavy atom. The Morgan fingerprint density at radius 1 is 0.943 bits per heavy atom. The van der Waals surface area contributed by atoms with E-state index in [0.717, 1.165) is 34.9 Å². The smallest absolute Gasteiger partial charge is 0.433 e. The van der Waals surface area contributed by atoms with Crippen molar-refractivity contribution in [1.82, 2.24) is 9.88 Å². The molecule has 3 aromatic rings. The van der Waals surface area contributed by atoms with Crippen molar-refractivity contribution in [1.29, 1.82) is 0 Å². The molecule has 2 aromatic carbocycles. The molecule has 1 aliphatic carbocycles. The minimum absolute atomic E-state index is 0.0374. The van der Waals surface area contributed by atoms with Crippen LogP contribution in [0.5, 0.6) is 0 Å². The van der Waals surface area contributed by atoms with Crippen molar-refractivity contribution >= 4 is 11.7 Å². The van der Waals surface area contributed by atoms with Gasteiger partial charge in [0, 0.05) is 23.7 Å². The third kappa shape index (κ3) is 3.70. The fraction of sp³-hybridized carbons (Fsp3) is 0.286. The highest BCUT2D eigenvalue weighted by Crippen LogP contribution is 2.45. The largest absolute Gasteiger partial charge is 0.448 e. The van der Waals surface area contributed by atoms with Gasteiger partial charge in [-0.1, -0.05) is 60.7 Å². The van der Waals surface area contributed by atoms with Crippen molar-refractivity contribution < 1.29 is 22.7 Å². The van der Waals surface area contributed by atoms with Crippen molar-refractivity contribution in [2.24, 2.45) is 0 Å². The van der Waals surface area contributed by atoms with Crippen molar-refractivity contribution in [2.45, 2.75) is 43.4 Å². The van der Waals surface area contributed by atoms with Crippen LogP contribution in [-0.2, 0) is 10.9 Å². The average Bonchev–Trinajstić information content (AvgIpc) is 3.32. The second-order valence-electron chi connectivity index (χ2n) is 9.30. The van der Waals surface area contributed by atoms with Gasteiger partial charge < -0.3 is 4.74 Å². The molecule has 2 bridgehead atoms. The molecule has 2 aliphatic heterocycles.